The van der Waals surface area contributed by atoms with E-state index in [1.165, 1.54) is 4.90 Å². The summed E-state index contributed by atoms with van der Waals surface area (Å²) in [6.07, 6.45) is 1.76. The minimum Gasteiger partial charge on any atom is -0.497 e. The van der Waals surface area contributed by atoms with Gasteiger partial charge in [-0.3, -0.25) is 24.6 Å². The number of thiazole rings is 1. The van der Waals surface area contributed by atoms with Crippen molar-refractivity contribution in [1.82, 2.24) is 10.4 Å². The van der Waals surface area contributed by atoms with Crippen molar-refractivity contribution in [3.63, 3.8) is 0 Å². The lowest BCUT2D eigenvalue weighted by Gasteiger charge is -2.15. The zero-order valence-corrected chi connectivity index (χ0v) is 24.4. The second-order valence-electron chi connectivity index (χ2n) is 8.81. The van der Waals surface area contributed by atoms with Crippen LogP contribution in [0.2, 0.25) is 0 Å². The number of hydrogen-bond acceptors (Lipinski definition) is 9. The maximum absolute atomic E-state index is 13.4. The Balaban J connectivity index is 1.34. The van der Waals surface area contributed by atoms with E-state index in [1.807, 2.05) is 42.5 Å². The Labute approximate surface area is 250 Å². The van der Waals surface area contributed by atoms with Crippen LogP contribution in [0.5, 0.6) is 11.5 Å². The van der Waals surface area contributed by atoms with Crippen LogP contribution in [0.15, 0.2) is 88.9 Å². The van der Waals surface area contributed by atoms with Crippen molar-refractivity contribution in [2.24, 2.45) is 5.10 Å². The number of amidine groups is 1. The van der Waals surface area contributed by atoms with Gasteiger partial charge in [-0.15, -0.1) is 5.10 Å². The van der Waals surface area contributed by atoms with E-state index in [1.54, 1.807) is 63.6 Å². The quantitative estimate of drug-likeness (QED) is 0.201. The van der Waals surface area contributed by atoms with Crippen LogP contribution >= 0.6 is 23.1 Å². The van der Waals surface area contributed by atoms with Gasteiger partial charge in [0.2, 0.25) is 0 Å². The van der Waals surface area contributed by atoms with Crippen molar-refractivity contribution in [2.45, 2.75) is 6.92 Å². The van der Waals surface area contributed by atoms with E-state index < -0.39 is 5.91 Å². The highest BCUT2D eigenvalue weighted by Crippen LogP contribution is 2.36. The average Bonchev–Trinajstić information content (AvgIpc) is 3.54. The predicted octanol–water partition coefficient (Wildman–Crippen LogP) is 5.54. The van der Waals surface area contributed by atoms with Crippen LogP contribution < -0.4 is 25.1 Å². The van der Waals surface area contributed by atoms with E-state index in [0.29, 0.717) is 33.3 Å². The van der Waals surface area contributed by atoms with Crippen LogP contribution in [0.25, 0.3) is 6.08 Å². The normalized spacial score (nSPS) is 14.7. The Bertz CT molecular complexity index is 1680. The number of ether oxygens (including phenoxy) is 2. The van der Waals surface area contributed by atoms with Gasteiger partial charge in [-0.1, -0.05) is 41.7 Å². The number of para-hydroxylation sites is 1. The number of benzene rings is 3. The maximum Gasteiger partial charge on any atom is 0.283 e. The molecule has 0 saturated carbocycles. The number of carbonyl (C=O) groups is 3. The number of anilines is 2. The van der Waals surface area contributed by atoms with Crippen LogP contribution in [-0.2, 0) is 4.79 Å². The van der Waals surface area contributed by atoms with Crippen molar-refractivity contribution in [3.8, 4) is 11.5 Å². The summed E-state index contributed by atoms with van der Waals surface area (Å²) in [4.78, 5) is 45.7. The average molecular weight is 600 g/mol. The molecule has 1 saturated heterocycles. The molecule has 2 heterocycles. The highest BCUT2D eigenvalue weighted by atomic mass is 32.2. The van der Waals surface area contributed by atoms with Crippen LogP contribution in [0.1, 0.15) is 31.3 Å². The second kappa shape index (κ2) is 12.7. The number of aryl methyl sites for hydroxylation is 1. The van der Waals surface area contributed by atoms with Crippen molar-refractivity contribution in [3.05, 3.63) is 105 Å². The SMILES string of the molecule is COc1ccc(/C=C2/S/C(=N/NC(=O)c3sc(NC(=O)c4ccc(OC)cc4)nc3C)N(c3ccccc3)C2=O)cc1. The van der Waals surface area contributed by atoms with Crippen LogP contribution in [0.3, 0.4) is 0 Å². The number of aromatic nitrogens is 1. The number of hydrazone groups is 1. The van der Waals surface area contributed by atoms with Crippen LogP contribution in [0.4, 0.5) is 10.8 Å². The summed E-state index contributed by atoms with van der Waals surface area (Å²) in [6, 6.07) is 23.0. The smallest absolute Gasteiger partial charge is 0.283 e. The number of thioether (sulfide) groups is 1. The third kappa shape index (κ3) is 6.35. The van der Waals surface area contributed by atoms with Crippen molar-refractivity contribution >= 4 is 62.9 Å². The lowest BCUT2D eigenvalue weighted by Crippen LogP contribution is -2.31. The number of nitrogens with zero attached hydrogens (tertiary/aromatic N) is 3. The predicted molar refractivity (Wildman–Crippen MR) is 165 cm³/mol. The molecule has 0 aliphatic carbocycles. The lowest BCUT2D eigenvalue weighted by atomic mass is 10.2. The first kappa shape index (κ1) is 28.6. The standard InChI is InChI=1S/C30H25N5O5S2/c1-18-25(42-29(31-18)32-26(36)20-11-15-23(40-3)16-12-20)27(37)33-34-30-35(21-7-5-4-6-8-21)28(38)24(41-30)17-19-9-13-22(39-2)14-10-19/h4-17H,1-3H3,(H,33,37)(H,31,32,36)/b24-17+,34-30+. The molecule has 0 radical (unpaired) electrons. The number of carbonyl (C=O) groups excluding carboxylic acids is 3. The molecule has 3 aromatic carbocycles. The molecule has 0 spiro atoms. The van der Waals surface area contributed by atoms with E-state index in [4.69, 9.17) is 9.47 Å². The molecule has 0 bridgehead atoms. The largest absolute Gasteiger partial charge is 0.497 e. The number of amides is 3. The van der Waals surface area contributed by atoms with E-state index >= 15 is 0 Å². The van der Waals surface area contributed by atoms with E-state index in [9.17, 15) is 14.4 Å². The Kier molecular flexibility index (Phi) is 8.65. The molecule has 0 atom stereocenters. The Morgan fingerprint density at radius 2 is 1.55 bits per heavy atom. The Morgan fingerprint density at radius 3 is 2.19 bits per heavy atom. The topological polar surface area (TPSA) is 122 Å². The number of nitrogens with one attached hydrogen (secondary N) is 2. The fourth-order valence-corrected chi connectivity index (χ4v) is 5.72. The molecule has 10 nitrogen and oxygen atoms in total. The second-order valence-corrected chi connectivity index (χ2v) is 10.8. The van der Waals surface area contributed by atoms with Gasteiger partial charge >= 0.3 is 0 Å². The Morgan fingerprint density at radius 1 is 0.905 bits per heavy atom. The maximum atomic E-state index is 13.4. The van der Waals surface area contributed by atoms with Crippen LogP contribution in [-0.4, -0.2) is 42.1 Å². The van der Waals surface area contributed by atoms with E-state index in [0.717, 1.165) is 28.7 Å². The highest BCUT2D eigenvalue weighted by molar-refractivity contribution is 8.19. The van der Waals surface area contributed by atoms with Gasteiger partial charge in [0.05, 0.1) is 30.5 Å². The molecule has 1 aliphatic rings. The van der Waals surface area contributed by atoms with Crippen molar-refractivity contribution in [1.29, 1.82) is 0 Å². The first-order chi connectivity index (χ1) is 20.4. The highest BCUT2D eigenvalue weighted by Gasteiger charge is 2.35. The minimum absolute atomic E-state index is 0.271. The first-order valence-corrected chi connectivity index (χ1v) is 14.2. The molecule has 12 heteroatoms. The van der Waals surface area contributed by atoms with Crippen molar-refractivity contribution in [2.75, 3.05) is 24.4 Å². The van der Waals surface area contributed by atoms with Gasteiger partial charge in [-0.25, -0.2) is 10.4 Å². The van der Waals surface area contributed by atoms with Gasteiger partial charge in [-0.2, -0.15) is 0 Å². The summed E-state index contributed by atoms with van der Waals surface area (Å²) in [5.41, 5.74) is 4.82. The monoisotopic (exact) mass is 599 g/mol. The lowest BCUT2D eigenvalue weighted by molar-refractivity contribution is -0.113. The van der Waals surface area contributed by atoms with E-state index in [-0.39, 0.29) is 27.0 Å². The van der Waals surface area contributed by atoms with Gasteiger partial charge in [0.25, 0.3) is 17.7 Å². The third-order valence-electron chi connectivity index (χ3n) is 6.06. The molecule has 0 unspecified atom stereocenters. The van der Waals surface area contributed by atoms with Crippen LogP contribution in [0, 0.1) is 6.92 Å². The fourth-order valence-electron chi connectivity index (χ4n) is 3.93. The molecule has 2 N–H and O–H groups in total. The molecular formula is C30H25N5O5S2. The number of rotatable bonds is 8. The summed E-state index contributed by atoms with van der Waals surface area (Å²) in [7, 11) is 3.14. The van der Waals surface area contributed by atoms with Crippen molar-refractivity contribution < 1.29 is 23.9 Å². The molecule has 212 valence electrons. The van der Waals surface area contributed by atoms with E-state index in [2.05, 4.69) is 20.8 Å². The molecule has 1 aliphatic heterocycles. The van der Waals surface area contributed by atoms with Gasteiger partial charge < -0.3 is 9.47 Å². The molecule has 42 heavy (non-hydrogen) atoms. The molecule has 5 rings (SSSR count). The third-order valence-corrected chi connectivity index (χ3v) is 8.10. The fraction of sp³-hybridized carbons (Fsp3) is 0.100. The number of hydrogen-bond donors (Lipinski definition) is 2. The Hall–Kier alpha value is -4.94. The molecular weight excluding hydrogens is 574 g/mol. The summed E-state index contributed by atoms with van der Waals surface area (Å²) in [5, 5.41) is 7.58. The zero-order valence-electron chi connectivity index (χ0n) is 22.8. The summed E-state index contributed by atoms with van der Waals surface area (Å²) >= 11 is 2.17. The zero-order chi connectivity index (χ0) is 29.6. The minimum atomic E-state index is -0.518. The summed E-state index contributed by atoms with van der Waals surface area (Å²) in [5.74, 6) is 0.187. The van der Waals surface area contributed by atoms with Gasteiger partial charge in [0.1, 0.15) is 16.4 Å². The molecule has 1 aromatic heterocycles. The molecule has 3 amide bonds. The first-order valence-electron chi connectivity index (χ1n) is 12.6. The van der Waals surface area contributed by atoms with Gasteiger partial charge in [0, 0.05) is 5.56 Å². The molecule has 4 aromatic rings. The summed E-state index contributed by atoms with van der Waals surface area (Å²) in [6.45, 7) is 1.67. The summed E-state index contributed by atoms with van der Waals surface area (Å²) < 4.78 is 10.3. The van der Waals surface area contributed by atoms with Gasteiger partial charge in [0.15, 0.2) is 10.3 Å². The number of methoxy groups -OCH3 is 2. The molecule has 1 fully saturated rings. The van der Waals surface area contributed by atoms with Gasteiger partial charge in [-0.05, 0) is 78.9 Å².